The number of amidine groups is 1. The molecular formula is C9H10FN3. The quantitative estimate of drug-likeness (QED) is 0.488. The van der Waals surface area contributed by atoms with Crippen LogP contribution < -0.4 is 11.1 Å². The number of hydrogen-bond acceptors (Lipinski definition) is 2. The van der Waals surface area contributed by atoms with E-state index in [4.69, 9.17) is 11.1 Å². The van der Waals surface area contributed by atoms with Gasteiger partial charge in [0.25, 0.3) is 0 Å². The smallest absolute Gasteiger partial charge is 0.146 e. The van der Waals surface area contributed by atoms with Crippen LogP contribution in [0.25, 0.3) is 0 Å². The lowest BCUT2D eigenvalue weighted by atomic mass is 10.3. The maximum atomic E-state index is 12.9. The second kappa shape index (κ2) is 4.25. The predicted octanol–water partition coefficient (Wildman–Crippen LogP) is 1.69. The van der Waals surface area contributed by atoms with Crippen molar-refractivity contribution in [1.82, 2.24) is 0 Å². The molecule has 0 saturated heterocycles. The highest BCUT2D eigenvalue weighted by molar-refractivity contribution is 5.88. The Labute approximate surface area is 75.6 Å². The topological polar surface area (TPSA) is 61.9 Å². The van der Waals surface area contributed by atoms with E-state index in [1.807, 2.05) is 0 Å². The van der Waals surface area contributed by atoms with E-state index in [-0.39, 0.29) is 11.7 Å². The second-order valence-electron chi connectivity index (χ2n) is 2.41. The number of rotatable bonds is 3. The van der Waals surface area contributed by atoms with E-state index in [0.29, 0.717) is 5.69 Å². The molecule has 0 unspecified atom stereocenters. The summed E-state index contributed by atoms with van der Waals surface area (Å²) >= 11 is 0. The lowest BCUT2D eigenvalue weighted by molar-refractivity contribution is 0.632. The Morgan fingerprint density at radius 3 is 2.77 bits per heavy atom. The molecule has 0 amide bonds. The van der Waals surface area contributed by atoms with E-state index in [1.54, 1.807) is 18.2 Å². The SMILES string of the molecule is N=C(N)/C=C\Nc1ccccc1F. The summed E-state index contributed by atoms with van der Waals surface area (Å²) in [7, 11) is 0. The van der Waals surface area contributed by atoms with E-state index in [1.165, 1.54) is 18.3 Å². The summed E-state index contributed by atoms with van der Waals surface area (Å²) in [5.41, 5.74) is 5.42. The van der Waals surface area contributed by atoms with Crippen LogP contribution in [-0.4, -0.2) is 5.84 Å². The molecule has 0 aliphatic carbocycles. The zero-order valence-corrected chi connectivity index (χ0v) is 6.92. The van der Waals surface area contributed by atoms with Gasteiger partial charge in [-0.1, -0.05) is 12.1 Å². The highest BCUT2D eigenvalue weighted by atomic mass is 19.1. The Bertz CT molecular complexity index is 333. The minimum absolute atomic E-state index is 0.0798. The average Bonchev–Trinajstić information content (AvgIpc) is 2.08. The molecule has 4 N–H and O–H groups in total. The molecule has 1 aromatic rings. The van der Waals surface area contributed by atoms with E-state index in [0.717, 1.165) is 0 Å². The lowest BCUT2D eigenvalue weighted by Crippen LogP contribution is -2.05. The molecule has 1 rings (SSSR count). The second-order valence-corrected chi connectivity index (χ2v) is 2.41. The van der Waals surface area contributed by atoms with Gasteiger partial charge >= 0.3 is 0 Å². The van der Waals surface area contributed by atoms with Crippen molar-refractivity contribution in [1.29, 1.82) is 5.41 Å². The van der Waals surface area contributed by atoms with Crippen molar-refractivity contribution < 1.29 is 4.39 Å². The van der Waals surface area contributed by atoms with Crippen LogP contribution in [0.5, 0.6) is 0 Å². The third-order valence-electron chi connectivity index (χ3n) is 1.38. The van der Waals surface area contributed by atoms with Crippen molar-refractivity contribution in [3.63, 3.8) is 0 Å². The Kier molecular flexibility index (Phi) is 3.03. The Balaban J connectivity index is 2.64. The van der Waals surface area contributed by atoms with E-state index < -0.39 is 0 Å². The summed E-state index contributed by atoms with van der Waals surface area (Å²) in [6.07, 6.45) is 2.76. The van der Waals surface area contributed by atoms with E-state index in [2.05, 4.69) is 5.32 Å². The highest BCUT2D eigenvalue weighted by Gasteiger charge is 1.95. The van der Waals surface area contributed by atoms with Gasteiger partial charge in [0.05, 0.1) is 5.69 Å². The van der Waals surface area contributed by atoms with Crippen LogP contribution in [0.1, 0.15) is 0 Å². The van der Waals surface area contributed by atoms with Crippen LogP contribution in [0.3, 0.4) is 0 Å². The largest absolute Gasteiger partial charge is 0.384 e. The van der Waals surface area contributed by atoms with Gasteiger partial charge in [-0.05, 0) is 18.2 Å². The van der Waals surface area contributed by atoms with Crippen LogP contribution >= 0.6 is 0 Å². The molecular weight excluding hydrogens is 169 g/mol. The molecule has 0 radical (unpaired) electrons. The molecule has 0 atom stereocenters. The number of halogens is 1. The molecule has 0 fully saturated rings. The molecule has 0 bridgehead atoms. The first-order chi connectivity index (χ1) is 6.20. The van der Waals surface area contributed by atoms with Gasteiger partial charge in [-0.15, -0.1) is 0 Å². The molecule has 0 saturated carbocycles. The molecule has 0 aromatic heterocycles. The van der Waals surface area contributed by atoms with Crippen molar-refractivity contribution in [2.45, 2.75) is 0 Å². The van der Waals surface area contributed by atoms with Crippen molar-refractivity contribution in [3.8, 4) is 0 Å². The number of nitrogens with two attached hydrogens (primary N) is 1. The van der Waals surface area contributed by atoms with Gasteiger partial charge in [0.2, 0.25) is 0 Å². The molecule has 3 nitrogen and oxygen atoms in total. The van der Waals surface area contributed by atoms with E-state index >= 15 is 0 Å². The monoisotopic (exact) mass is 179 g/mol. The number of para-hydroxylation sites is 1. The molecule has 0 aliphatic rings. The molecule has 1 aromatic carbocycles. The number of nitrogens with one attached hydrogen (secondary N) is 2. The fourth-order valence-corrected chi connectivity index (χ4v) is 0.799. The lowest BCUT2D eigenvalue weighted by Gasteiger charge is -2.00. The van der Waals surface area contributed by atoms with Crippen LogP contribution in [0.4, 0.5) is 10.1 Å². The van der Waals surface area contributed by atoms with Gasteiger partial charge in [-0.2, -0.15) is 0 Å². The van der Waals surface area contributed by atoms with Crippen molar-refractivity contribution >= 4 is 11.5 Å². The summed E-state index contributed by atoms with van der Waals surface area (Å²) in [4.78, 5) is 0. The maximum absolute atomic E-state index is 12.9. The Morgan fingerprint density at radius 2 is 2.15 bits per heavy atom. The molecule has 0 aliphatic heterocycles. The van der Waals surface area contributed by atoms with Crippen LogP contribution in [-0.2, 0) is 0 Å². The number of benzene rings is 1. The predicted molar refractivity (Wildman–Crippen MR) is 51.1 cm³/mol. The number of anilines is 1. The maximum Gasteiger partial charge on any atom is 0.146 e. The third kappa shape index (κ3) is 2.94. The minimum Gasteiger partial charge on any atom is -0.384 e. The molecule has 0 heterocycles. The van der Waals surface area contributed by atoms with Gasteiger partial charge in [0.1, 0.15) is 11.7 Å². The third-order valence-corrected chi connectivity index (χ3v) is 1.38. The first-order valence-corrected chi connectivity index (χ1v) is 3.72. The summed E-state index contributed by atoms with van der Waals surface area (Å²) in [6.45, 7) is 0. The summed E-state index contributed by atoms with van der Waals surface area (Å²) < 4.78 is 12.9. The van der Waals surface area contributed by atoms with Gasteiger partial charge in [-0.25, -0.2) is 4.39 Å². The van der Waals surface area contributed by atoms with Crippen molar-refractivity contribution in [2.24, 2.45) is 5.73 Å². The van der Waals surface area contributed by atoms with Crippen LogP contribution in [0.15, 0.2) is 36.5 Å². The highest BCUT2D eigenvalue weighted by Crippen LogP contribution is 2.11. The fourth-order valence-electron chi connectivity index (χ4n) is 0.799. The normalized spacial score (nSPS) is 10.2. The number of hydrogen-bond donors (Lipinski definition) is 3. The van der Waals surface area contributed by atoms with Crippen molar-refractivity contribution in [3.05, 3.63) is 42.4 Å². The molecule has 0 spiro atoms. The molecule has 4 heteroatoms. The summed E-state index contributed by atoms with van der Waals surface area (Å²) in [5, 5.41) is 9.54. The Morgan fingerprint density at radius 1 is 1.46 bits per heavy atom. The standard InChI is InChI=1S/C9H10FN3/c10-7-3-1-2-4-8(7)13-6-5-9(11)12/h1-6,13H,(H3,11,12)/b6-5-. The van der Waals surface area contributed by atoms with Gasteiger partial charge < -0.3 is 11.1 Å². The zero-order valence-electron chi connectivity index (χ0n) is 6.92. The summed E-state index contributed by atoms with van der Waals surface area (Å²) in [5.74, 6) is -0.417. The van der Waals surface area contributed by atoms with Crippen LogP contribution in [0.2, 0.25) is 0 Å². The zero-order chi connectivity index (χ0) is 9.68. The van der Waals surface area contributed by atoms with Gasteiger partial charge in [0.15, 0.2) is 0 Å². The van der Waals surface area contributed by atoms with E-state index in [9.17, 15) is 4.39 Å². The Hall–Kier alpha value is -1.84. The van der Waals surface area contributed by atoms with Crippen LogP contribution in [0, 0.1) is 11.2 Å². The van der Waals surface area contributed by atoms with Gasteiger partial charge in [0, 0.05) is 6.20 Å². The molecule has 13 heavy (non-hydrogen) atoms. The van der Waals surface area contributed by atoms with Gasteiger partial charge in [-0.3, -0.25) is 5.41 Å². The average molecular weight is 179 g/mol. The summed E-state index contributed by atoms with van der Waals surface area (Å²) in [6, 6.07) is 6.27. The first kappa shape index (κ1) is 9.25. The van der Waals surface area contributed by atoms with Crippen molar-refractivity contribution in [2.75, 3.05) is 5.32 Å². The minimum atomic E-state index is -0.337. The first-order valence-electron chi connectivity index (χ1n) is 3.72. The molecule has 68 valence electrons. The fraction of sp³-hybridized carbons (Fsp3) is 0.